The molecule has 1 aromatic carbocycles. The van der Waals surface area contributed by atoms with Gasteiger partial charge in [-0.05, 0) is 34.5 Å². The highest BCUT2D eigenvalue weighted by Gasteiger charge is 2.09. The zero-order valence-electron chi connectivity index (χ0n) is 6.64. The van der Waals surface area contributed by atoms with E-state index >= 15 is 0 Å². The van der Waals surface area contributed by atoms with Crippen molar-refractivity contribution in [3.05, 3.63) is 34.1 Å². The van der Waals surface area contributed by atoms with E-state index in [0.717, 1.165) is 5.56 Å². The van der Waals surface area contributed by atoms with Gasteiger partial charge in [0.05, 0.1) is 4.47 Å². The molecule has 1 atom stereocenters. The van der Waals surface area contributed by atoms with Crippen molar-refractivity contribution in [1.82, 2.24) is 0 Å². The molecule has 0 saturated carbocycles. The molecule has 2 heteroatoms. The summed E-state index contributed by atoms with van der Waals surface area (Å²) >= 11 is 3.15. The van der Waals surface area contributed by atoms with E-state index in [4.69, 9.17) is 6.42 Å². The molecular formula is C10H8BrF. The van der Waals surface area contributed by atoms with Gasteiger partial charge in [-0.25, -0.2) is 4.39 Å². The summed E-state index contributed by atoms with van der Waals surface area (Å²) < 4.78 is 13.4. The van der Waals surface area contributed by atoms with Crippen LogP contribution in [0, 0.1) is 18.2 Å². The monoisotopic (exact) mass is 226 g/mol. The average molecular weight is 227 g/mol. The summed E-state index contributed by atoms with van der Waals surface area (Å²) in [5, 5.41) is 0. The molecule has 0 saturated heterocycles. The van der Waals surface area contributed by atoms with Crippen molar-refractivity contribution in [1.29, 1.82) is 0 Å². The molecule has 1 unspecified atom stereocenters. The molecule has 0 aliphatic rings. The number of halogens is 2. The topological polar surface area (TPSA) is 0 Å². The third kappa shape index (κ3) is 1.67. The van der Waals surface area contributed by atoms with Gasteiger partial charge in [0, 0.05) is 5.92 Å². The highest BCUT2D eigenvalue weighted by molar-refractivity contribution is 9.10. The fourth-order valence-corrected chi connectivity index (χ4v) is 1.55. The zero-order valence-corrected chi connectivity index (χ0v) is 8.23. The van der Waals surface area contributed by atoms with Crippen LogP contribution in [0.1, 0.15) is 18.4 Å². The summed E-state index contributed by atoms with van der Waals surface area (Å²) in [6.45, 7) is 1.86. The van der Waals surface area contributed by atoms with Gasteiger partial charge in [0.25, 0.3) is 0 Å². The van der Waals surface area contributed by atoms with Gasteiger partial charge in [-0.2, -0.15) is 0 Å². The molecule has 0 aromatic heterocycles. The minimum Gasteiger partial charge on any atom is -0.206 e. The van der Waals surface area contributed by atoms with Gasteiger partial charge in [-0.15, -0.1) is 6.42 Å². The number of hydrogen-bond donors (Lipinski definition) is 0. The fraction of sp³-hybridized carbons (Fsp3) is 0.200. The largest absolute Gasteiger partial charge is 0.206 e. The molecule has 1 aromatic rings. The van der Waals surface area contributed by atoms with Gasteiger partial charge < -0.3 is 0 Å². The third-order valence-electron chi connectivity index (χ3n) is 1.70. The van der Waals surface area contributed by atoms with Crippen molar-refractivity contribution in [2.75, 3.05) is 0 Å². The molecular weight excluding hydrogens is 219 g/mol. The van der Waals surface area contributed by atoms with E-state index in [1.54, 1.807) is 6.07 Å². The van der Waals surface area contributed by atoms with Crippen molar-refractivity contribution < 1.29 is 4.39 Å². The Kier molecular flexibility index (Phi) is 2.88. The van der Waals surface area contributed by atoms with Crippen molar-refractivity contribution >= 4 is 15.9 Å². The van der Waals surface area contributed by atoms with E-state index in [1.807, 2.05) is 13.0 Å². The first-order valence-corrected chi connectivity index (χ1v) is 4.36. The predicted molar refractivity (Wildman–Crippen MR) is 51.3 cm³/mol. The highest BCUT2D eigenvalue weighted by atomic mass is 79.9. The second-order valence-corrected chi connectivity index (χ2v) is 3.32. The lowest BCUT2D eigenvalue weighted by atomic mass is 10.0. The van der Waals surface area contributed by atoms with Crippen LogP contribution in [0.2, 0.25) is 0 Å². The predicted octanol–water partition coefficient (Wildman–Crippen LogP) is 3.32. The number of rotatable bonds is 1. The Morgan fingerprint density at radius 3 is 2.83 bits per heavy atom. The van der Waals surface area contributed by atoms with Crippen LogP contribution in [0.25, 0.3) is 0 Å². The van der Waals surface area contributed by atoms with Crippen LogP contribution < -0.4 is 0 Å². The second kappa shape index (κ2) is 3.73. The maximum atomic E-state index is 13.0. The van der Waals surface area contributed by atoms with Gasteiger partial charge >= 0.3 is 0 Å². The molecule has 0 spiro atoms. The maximum Gasteiger partial charge on any atom is 0.137 e. The first-order chi connectivity index (χ1) is 5.66. The molecule has 0 radical (unpaired) electrons. The summed E-state index contributed by atoms with van der Waals surface area (Å²) in [6.07, 6.45) is 5.23. The molecule has 0 fully saturated rings. The molecule has 0 N–H and O–H groups in total. The molecule has 0 amide bonds. The molecule has 12 heavy (non-hydrogen) atoms. The number of benzene rings is 1. The van der Waals surface area contributed by atoms with Crippen LogP contribution in [0.4, 0.5) is 4.39 Å². The van der Waals surface area contributed by atoms with Crippen LogP contribution in [0.15, 0.2) is 22.7 Å². The van der Waals surface area contributed by atoms with E-state index in [9.17, 15) is 4.39 Å². The normalized spacial score (nSPS) is 12.2. The molecule has 0 aliphatic heterocycles. The zero-order chi connectivity index (χ0) is 9.14. The second-order valence-electron chi connectivity index (χ2n) is 2.53. The Hall–Kier alpha value is -0.810. The Labute approximate surface area is 79.9 Å². The van der Waals surface area contributed by atoms with Crippen LogP contribution in [-0.2, 0) is 0 Å². The summed E-state index contributed by atoms with van der Waals surface area (Å²) in [5.41, 5.74) is 0.817. The van der Waals surface area contributed by atoms with Gasteiger partial charge in [-0.1, -0.05) is 18.1 Å². The molecule has 1 rings (SSSR count). The fourth-order valence-electron chi connectivity index (χ4n) is 0.945. The lowest BCUT2D eigenvalue weighted by Crippen LogP contribution is -1.92. The summed E-state index contributed by atoms with van der Waals surface area (Å²) in [6, 6.07) is 4.87. The van der Waals surface area contributed by atoms with E-state index in [2.05, 4.69) is 21.9 Å². The summed E-state index contributed by atoms with van der Waals surface area (Å²) in [4.78, 5) is 0. The van der Waals surface area contributed by atoms with Gasteiger partial charge in [0.2, 0.25) is 0 Å². The van der Waals surface area contributed by atoms with Crippen molar-refractivity contribution in [2.45, 2.75) is 12.8 Å². The maximum absolute atomic E-state index is 13.0. The van der Waals surface area contributed by atoms with Crippen LogP contribution in [-0.4, -0.2) is 0 Å². The van der Waals surface area contributed by atoms with Gasteiger partial charge in [0.1, 0.15) is 5.82 Å². The van der Waals surface area contributed by atoms with E-state index < -0.39 is 0 Å². The molecule has 0 bridgehead atoms. The Morgan fingerprint density at radius 2 is 2.25 bits per heavy atom. The highest BCUT2D eigenvalue weighted by Crippen LogP contribution is 2.26. The van der Waals surface area contributed by atoms with Gasteiger partial charge in [-0.3, -0.25) is 0 Å². The van der Waals surface area contributed by atoms with Crippen LogP contribution >= 0.6 is 15.9 Å². The minimum atomic E-state index is -0.269. The Bertz CT molecular complexity index is 325. The minimum absolute atomic E-state index is 0.0601. The van der Waals surface area contributed by atoms with Crippen LogP contribution in [0.3, 0.4) is 0 Å². The van der Waals surface area contributed by atoms with E-state index in [-0.39, 0.29) is 11.7 Å². The lowest BCUT2D eigenvalue weighted by Gasteiger charge is -2.06. The van der Waals surface area contributed by atoms with Gasteiger partial charge in [0.15, 0.2) is 0 Å². The third-order valence-corrected chi connectivity index (χ3v) is 2.53. The summed E-state index contributed by atoms with van der Waals surface area (Å²) in [7, 11) is 0. The standard InChI is InChI=1S/C10H8BrF/c1-3-7(2)8-5-4-6-9(12)10(8)11/h1,4-7H,2H3. The van der Waals surface area contributed by atoms with E-state index in [1.165, 1.54) is 6.07 Å². The number of terminal acetylenes is 1. The SMILES string of the molecule is C#CC(C)c1cccc(F)c1Br. The van der Waals surface area contributed by atoms with Crippen molar-refractivity contribution in [3.8, 4) is 12.3 Å². The van der Waals surface area contributed by atoms with E-state index in [0.29, 0.717) is 4.47 Å². The lowest BCUT2D eigenvalue weighted by molar-refractivity contribution is 0.617. The molecule has 0 heterocycles. The molecule has 0 aliphatic carbocycles. The van der Waals surface area contributed by atoms with Crippen LogP contribution in [0.5, 0.6) is 0 Å². The Balaban J connectivity index is 3.18. The first kappa shape index (κ1) is 9.28. The Morgan fingerprint density at radius 1 is 1.58 bits per heavy atom. The number of hydrogen-bond acceptors (Lipinski definition) is 0. The van der Waals surface area contributed by atoms with Crippen molar-refractivity contribution in [3.63, 3.8) is 0 Å². The quantitative estimate of drug-likeness (QED) is 0.645. The van der Waals surface area contributed by atoms with Crippen molar-refractivity contribution in [2.24, 2.45) is 0 Å². The molecule has 62 valence electrons. The smallest absolute Gasteiger partial charge is 0.137 e. The summed E-state index contributed by atoms with van der Waals surface area (Å²) in [5.74, 6) is 2.22. The first-order valence-electron chi connectivity index (χ1n) is 3.57. The average Bonchev–Trinajstić information content (AvgIpc) is 2.08. The molecule has 0 nitrogen and oxygen atoms in total.